The molecular weight excluding hydrogens is 362 g/mol. The SMILES string of the molecule is Cc1ccc(S(=O)(=O)NC(C(=[N+]=[N-])C(=O)C(C)(C)C)c2ccccc2)cc1. The standard InChI is InChI=1S/C20H23N3O3S/c1-14-10-12-16(13-11-14)27(25,26)23-17(15-8-6-5-7-9-15)18(22-21)19(24)20(2,3)4/h5-13,17,23H,1-4H3. The van der Waals surface area contributed by atoms with Crippen LogP contribution in [0, 0.1) is 12.3 Å². The van der Waals surface area contributed by atoms with E-state index in [0.717, 1.165) is 5.56 Å². The van der Waals surface area contributed by atoms with Crippen molar-refractivity contribution in [2.24, 2.45) is 5.41 Å². The first-order valence-electron chi connectivity index (χ1n) is 8.47. The molecule has 1 N–H and O–H groups in total. The number of hydrogen-bond acceptors (Lipinski definition) is 3. The molecule has 0 heterocycles. The number of rotatable bonds is 6. The summed E-state index contributed by atoms with van der Waals surface area (Å²) in [5.41, 5.74) is 9.85. The molecule has 0 amide bonds. The molecule has 1 unspecified atom stereocenters. The molecule has 0 radical (unpaired) electrons. The summed E-state index contributed by atoms with van der Waals surface area (Å²) < 4.78 is 28.2. The van der Waals surface area contributed by atoms with Crippen LogP contribution in [0.2, 0.25) is 0 Å². The van der Waals surface area contributed by atoms with E-state index in [1.165, 1.54) is 12.1 Å². The third kappa shape index (κ3) is 4.98. The van der Waals surface area contributed by atoms with Crippen LogP contribution in [0.1, 0.15) is 37.9 Å². The summed E-state index contributed by atoms with van der Waals surface area (Å²) in [5.74, 6) is -0.453. The maximum absolute atomic E-state index is 12.9. The zero-order valence-electron chi connectivity index (χ0n) is 15.8. The van der Waals surface area contributed by atoms with E-state index in [1.807, 2.05) is 6.92 Å². The molecule has 0 spiro atoms. The minimum atomic E-state index is -3.95. The lowest BCUT2D eigenvalue weighted by Gasteiger charge is -2.20. The molecule has 0 aliphatic rings. The Labute approximate surface area is 159 Å². The molecule has 0 aliphatic heterocycles. The minimum absolute atomic E-state index is 0.0644. The molecule has 2 aromatic carbocycles. The number of carbonyl (C=O) groups excluding carboxylic acids is 1. The molecule has 0 aromatic heterocycles. The zero-order chi connectivity index (χ0) is 20.2. The van der Waals surface area contributed by atoms with Crippen molar-refractivity contribution in [1.82, 2.24) is 4.72 Å². The zero-order valence-corrected chi connectivity index (χ0v) is 16.6. The van der Waals surface area contributed by atoms with Crippen molar-refractivity contribution in [3.63, 3.8) is 0 Å². The highest BCUT2D eigenvalue weighted by Gasteiger charge is 2.41. The van der Waals surface area contributed by atoms with Gasteiger partial charge in [0.15, 0.2) is 6.04 Å². The number of sulfonamides is 1. The Morgan fingerprint density at radius 3 is 2.07 bits per heavy atom. The van der Waals surface area contributed by atoms with Crippen LogP contribution in [-0.2, 0) is 14.8 Å². The summed E-state index contributed by atoms with van der Waals surface area (Å²) in [6.45, 7) is 6.89. The molecule has 0 fully saturated rings. The van der Waals surface area contributed by atoms with Crippen molar-refractivity contribution in [3.8, 4) is 0 Å². The van der Waals surface area contributed by atoms with Gasteiger partial charge in [-0.3, -0.25) is 4.79 Å². The summed E-state index contributed by atoms with van der Waals surface area (Å²) in [6.07, 6.45) is 0. The van der Waals surface area contributed by atoms with Crippen molar-refractivity contribution in [3.05, 3.63) is 71.3 Å². The van der Waals surface area contributed by atoms with Crippen molar-refractivity contribution < 1.29 is 18.0 Å². The van der Waals surface area contributed by atoms with Crippen LogP contribution in [0.15, 0.2) is 59.5 Å². The lowest BCUT2D eigenvalue weighted by molar-refractivity contribution is -0.124. The predicted octanol–water partition coefficient (Wildman–Crippen LogP) is 3.30. The van der Waals surface area contributed by atoms with Gasteiger partial charge in [-0.15, -0.1) is 0 Å². The van der Waals surface area contributed by atoms with E-state index < -0.39 is 27.3 Å². The highest BCUT2D eigenvalue weighted by atomic mass is 32.2. The number of nitrogens with one attached hydrogen (secondary N) is 1. The van der Waals surface area contributed by atoms with Gasteiger partial charge in [0.1, 0.15) is 0 Å². The van der Waals surface area contributed by atoms with E-state index in [0.29, 0.717) is 5.56 Å². The molecule has 0 bridgehead atoms. The van der Waals surface area contributed by atoms with Crippen LogP contribution in [0.3, 0.4) is 0 Å². The lowest BCUT2D eigenvalue weighted by Crippen LogP contribution is -2.41. The molecule has 0 saturated carbocycles. The van der Waals surface area contributed by atoms with Gasteiger partial charge in [0, 0.05) is 5.41 Å². The Hall–Kier alpha value is -2.60. The average Bonchev–Trinajstić information content (AvgIpc) is 2.61. The Kier molecular flexibility index (Phi) is 6.11. The Bertz CT molecular complexity index is 969. The van der Waals surface area contributed by atoms with E-state index in [1.54, 1.807) is 63.2 Å². The van der Waals surface area contributed by atoms with Gasteiger partial charge in [-0.25, -0.2) is 8.42 Å². The van der Waals surface area contributed by atoms with Crippen LogP contribution in [0.5, 0.6) is 0 Å². The van der Waals surface area contributed by atoms with Crippen molar-refractivity contribution in [2.45, 2.75) is 38.6 Å². The Morgan fingerprint density at radius 2 is 1.59 bits per heavy atom. The topological polar surface area (TPSA) is 99.6 Å². The van der Waals surface area contributed by atoms with E-state index >= 15 is 0 Å². The Morgan fingerprint density at radius 1 is 1.04 bits per heavy atom. The number of hydrogen-bond donors (Lipinski definition) is 1. The van der Waals surface area contributed by atoms with E-state index in [4.69, 9.17) is 0 Å². The van der Waals surface area contributed by atoms with E-state index in [9.17, 15) is 18.7 Å². The van der Waals surface area contributed by atoms with Gasteiger partial charge in [-0.1, -0.05) is 68.8 Å². The monoisotopic (exact) mass is 385 g/mol. The third-order valence-electron chi connectivity index (χ3n) is 4.03. The van der Waals surface area contributed by atoms with E-state index in [2.05, 4.69) is 9.51 Å². The van der Waals surface area contributed by atoms with E-state index in [-0.39, 0.29) is 10.6 Å². The fraction of sp³-hybridized carbons (Fsp3) is 0.300. The fourth-order valence-electron chi connectivity index (χ4n) is 2.49. The fourth-order valence-corrected chi connectivity index (χ4v) is 3.67. The number of carbonyl (C=O) groups is 1. The molecular formula is C20H23N3O3S. The molecule has 2 aromatic rings. The molecule has 27 heavy (non-hydrogen) atoms. The summed E-state index contributed by atoms with van der Waals surface area (Å²) in [7, 11) is -3.95. The first-order chi connectivity index (χ1) is 12.6. The highest BCUT2D eigenvalue weighted by Crippen LogP contribution is 2.24. The second-order valence-electron chi connectivity index (χ2n) is 7.34. The smallest absolute Gasteiger partial charge is 0.357 e. The molecule has 7 heteroatoms. The third-order valence-corrected chi connectivity index (χ3v) is 5.47. The summed E-state index contributed by atoms with van der Waals surface area (Å²) >= 11 is 0. The number of nitrogens with zero attached hydrogens (tertiary/aromatic N) is 2. The van der Waals surface area contributed by atoms with Gasteiger partial charge in [0.05, 0.1) is 4.90 Å². The van der Waals surface area contributed by atoms with Crippen LogP contribution < -0.4 is 4.72 Å². The van der Waals surface area contributed by atoms with Crippen molar-refractivity contribution in [2.75, 3.05) is 0 Å². The average molecular weight is 385 g/mol. The maximum Gasteiger partial charge on any atom is 0.357 e. The number of Topliss-reactive ketones (excluding diaryl/α,β-unsaturated/α-hetero) is 1. The largest absolute Gasteiger partial charge is 0.361 e. The molecule has 0 saturated heterocycles. The maximum atomic E-state index is 12.9. The summed E-state index contributed by atoms with van der Waals surface area (Å²) in [5, 5.41) is 0. The van der Waals surface area contributed by atoms with Crippen LogP contribution in [0.4, 0.5) is 0 Å². The number of aryl methyl sites for hydroxylation is 1. The van der Waals surface area contributed by atoms with Crippen LogP contribution in [-0.4, -0.2) is 24.7 Å². The van der Waals surface area contributed by atoms with Gasteiger partial charge in [0.25, 0.3) is 0 Å². The Balaban J connectivity index is 2.53. The molecule has 6 nitrogen and oxygen atoms in total. The van der Waals surface area contributed by atoms with Gasteiger partial charge < -0.3 is 5.53 Å². The predicted molar refractivity (Wildman–Crippen MR) is 104 cm³/mol. The normalized spacial score (nSPS) is 12.9. The van der Waals surface area contributed by atoms with Gasteiger partial charge in [-0.05, 0) is 24.6 Å². The quantitative estimate of drug-likeness (QED) is 0.469. The van der Waals surface area contributed by atoms with Crippen molar-refractivity contribution in [1.29, 1.82) is 0 Å². The summed E-state index contributed by atoms with van der Waals surface area (Å²) in [4.78, 5) is 16.0. The van der Waals surface area contributed by atoms with Crippen LogP contribution in [0.25, 0.3) is 5.53 Å². The molecule has 0 aliphatic carbocycles. The molecule has 142 valence electrons. The van der Waals surface area contributed by atoms with Gasteiger partial charge in [0.2, 0.25) is 15.8 Å². The van der Waals surface area contributed by atoms with Crippen molar-refractivity contribution >= 4 is 21.5 Å². The first kappa shape index (κ1) is 20.7. The highest BCUT2D eigenvalue weighted by molar-refractivity contribution is 7.89. The number of benzene rings is 2. The van der Waals surface area contributed by atoms with Crippen LogP contribution >= 0.6 is 0 Å². The second-order valence-corrected chi connectivity index (χ2v) is 9.06. The first-order valence-corrected chi connectivity index (χ1v) is 9.95. The molecule has 2 rings (SSSR count). The minimum Gasteiger partial charge on any atom is -0.361 e. The number of ketones is 1. The molecule has 1 atom stereocenters. The summed E-state index contributed by atoms with van der Waals surface area (Å²) in [6, 6.07) is 13.8. The van der Waals surface area contributed by atoms with Gasteiger partial charge in [-0.2, -0.15) is 9.51 Å². The lowest BCUT2D eigenvalue weighted by atomic mass is 9.84. The second kappa shape index (κ2) is 7.96. The van der Waals surface area contributed by atoms with Gasteiger partial charge >= 0.3 is 5.71 Å².